The molecule has 0 heterocycles. The molecule has 0 aromatic carbocycles. The first-order valence-corrected chi connectivity index (χ1v) is 7.06. The highest BCUT2D eigenvalue weighted by atomic mass is 16.3. The van der Waals surface area contributed by atoms with E-state index in [2.05, 4.69) is 19.2 Å². The molecule has 1 rings (SSSR count). The molecule has 1 aliphatic carbocycles. The van der Waals surface area contributed by atoms with E-state index in [4.69, 9.17) is 5.73 Å². The van der Waals surface area contributed by atoms with Gasteiger partial charge < -0.3 is 16.2 Å². The van der Waals surface area contributed by atoms with Crippen LogP contribution < -0.4 is 11.1 Å². The van der Waals surface area contributed by atoms with Crippen molar-refractivity contribution in [2.45, 2.75) is 64.4 Å². The van der Waals surface area contributed by atoms with Gasteiger partial charge in [-0.15, -0.1) is 0 Å². The van der Waals surface area contributed by atoms with E-state index in [1.165, 1.54) is 0 Å². The summed E-state index contributed by atoms with van der Waals surface area (Å²) in [6.45, 7) is 5.49. The third kappa shape index (κ3) is 5.36. The normalized spacial score (nSPS) is 21.6. The maximum Gasteiger partial charge on any atom is 0.220 e. The maximum atomic E-state index is 11.6. The van der Waals surface area contributed by atoms with Crippen LogP contribution in [-0.4, -0.2) is 29.7 Å². The molecule has 0 atom stereocenters. The van der Waals surface area contributed by atoms with Gasteiger partial charge in [-0.05, 0) is 50.5 Å². The second-order valence-corrected chi connectivity index (χ2v) is 6.41. The van der Waals surface area contributed by atoms with Crippen LogP contribution in [0.4, 0.5) is 0 Å². The number of aliphatic hydroxyl groups is 1. The largest absolute Gasteiger partial charge is 0.388 e. The van der Waals surface area contributed by atoms with Crippen molar-refractivity contribution in [1.82, 2.24) is 5.32 Å². The molecule has 0 spiro atoms. The summed E-state index contributed by atoms with van der Waals surface area (Å²) in [4.78, 5) is 11.6. The predicted molar refractivity (Wildman–Crippen MR) is 73.1 cm³/mol. The number of rotatable bonds is 6. The zero-order valence-electron chi connectivity index (χ0n) is 11.8. The molecule has 1 fully saturated rings. The van der Waals surface area contributed by atoms with E-state index in [0.29, 0.717) is 24.9 Å². The Kier molecular flexibility index (Phi) is 5.60. The fourth-order valence-electron chi connectivity index (χ4n) is 2.35. The highest BCUT2D eigenvalue weighted by Gasteiger charge is 2.36. The summed E-state index contributed by atoms with van der Waals surface area (Å²) in [7, 11) is 0. The first-order chi connectivity index (χ1) is 8.37. The predicted octanol–water partition coefficient (Wildman–Crippen LogP) is 1.56. The first-order valence-electron chi connectivity index (χ1n) is 7.06. The minimum Gasteiger partial charge on any atom is -0.388 e. The molecule has 0 radical (unpaired) electrons. The number of hydrogen-bond donors (Lipinski definition) is 3. The minimum atomic E-state index is -0.695. The second-order valence-electron chi connectivity index (χ2n) is 6.41. The van der Waals surface area contributed by atoms with Gasteiger partial charge >= 0.3 is 0 Å². The smallest absolute Gasteiger partial charge is 0.220 e. The lowest BCUT2D eigenvalue weighted by atomic mass is 9.71. The highest BCUT2D eigenvalue weighted by molar-refractivity contribution is 5.75. The second kappa shape index (κ2) is 6.53. The lowest BCUT2D eigenvalue weighted by Gasteiger charge is -2.40. The summed E-state index contributed by atoms with van der Waals surface area (Å²) in [6, 6.07) is 0. The SMILES string of the molecule is CC1(C)CCC(O)(CNC(=O)CCCCN)CC1. The van der Waals surface area contributed by atoms with Crippen LogP contribution in [0.25, 0.3) is 0 Å². The minimum absolute atomic E-state index is 0.0294. The molecule has 0 unspecified atom stereocenters. The van der Waals surface area contributed by atoms with E-state index in [9.17, 15) is 9.90 Å². The Morgan fingerprint density at radius 3 is 2.39 bits per heavy atom. The molecule has 106 valence electrons. The fraction of sp³-hybridized carbons (Fsp3) is 0.929. The molecular weight excluding hydrogens is 228 g/mol. The Balaban J connectivity index is 2.24. The van der Waals surface area contributed by atoms with Crippen LogP contribution in [0.3, 0.4) is 0 Å². The average molecular weight is 256 g/mol. The Morgan fingerprint density at radius 2 is 1.83 bits per heavy atom. The molecule has 4 heteroatoms. The molecule has 0 saturated heterocycles. The van der Waals surface area contributed by atoms with Crippen LogP contribution in [-0.2, 0) is 4.79 Å². The third-order valence-corrected chi connectivity index (χ3v) is 4.01. The average Bonchev–Trinajstić information content (AvgIpc) is 2.32. The van der Waals surface area contributed by atoms with Crippen molar-refractivity contribution >= 4 is 5.91 Å². The van der Waals surface area contributed by atoms with Crippen LogP contribution in [0.1, 0.15) is 58.8 Å². The molecule has 18 heavy (non-hydrogen) atoms. The number of amides is 1. The van der Waals surface area contributed by atoms with Crippen molar-refractivity contribution in [3.63, 3.8) is 0 Å². The number of nitrogens with one attached hydrogen (secondary N) is 1. The van der Waals surface area contributed by atoms with Crippen molar-refractivity contribution < 1.29 is 9.90 Å². The Hall–Kier alpha value is -0.610. The Labute approximate surface area is 110 Å². The van der Waals surface area contributed by atoms with Crippen LogP contribution in [0, 0.1) is 5.41 Å². The number of hydrogen-bond acceptors (Lipinski definition) is 3. The van der Waals surface area contributed by atoms with Gasteiger partial charge in [-0.25, -0.2) is 0 Å². The molecule has 0 aromatic rings. The molecule has 1 saturated carbocycles. The van der Waals surface area contributed by atoms with Gasteiger partial charge in [0.2, 0.25) is 5.91 Å². The third-order valence-electron chi connectivity index (χ3n) is 4.01. The molecule has 0 aliphatic heterocycles. The van der Waals surface area contributed by atoms with Gasteiger partial charge in [-0.3, -0.25) is 4.79 Å². The molecule has 0 aromatic heterocycles. The number of nitrogens with two attached hydrogens (primary N) is 1. The van der Waals surface area contributed by atoms with Crippen molar-refractivity contribution in [1.29, 1.82) is 0 Å². The zero-order valence-corrected chi connectivity index (χ0v) is 11.8. The van der Waals surface area contributed by atoms with Gasteiger partial charge in [0.25, 0.3) is 0 Å². The lowest BCUT2D eigenvalue weighted by molar-refractivity contribution is -0.123. The Bertz CT molecular complexity index is 267. The van der Waals surface area contributed by atoms with Crippen molar-refractivity contribution in [3.8, 4) is 0 Å². The first kappa shape index (κ1) is 15.4. The van der Waals surface area contributed by atoms with Crippen LogP contribution in [0.5, 0.6) is 0 Å². The highest BCUT2D eigenvalue weighted by Crippen LogP contribution is 2.39. The van der Waals surface area contributed by atoms with Crippen molar-refractivity contribution in [2.75, 3.05) is 13.1 Å². The van der Waals surface area contributed by atoms with Gasteiger partial charge in [0, 0.05) is 13.0 Å². The lowest BCUT2D eigenvalue weighted by Crippen LogP contribution is -2.46. The number of carbonyl (C=O) groups is 1. The summed E-state index contributed by atoms with van der Waals surface area (Å²) in [6.07, 6.45) is 5.82. The van der Waals surface area contributed by atoms with Crippen LogP contribution in [0.2, 0.25) is 0 Å². The van der Waals surface area contributed by atoms with Crippen molar-refractivity contribution in [2.24, 2.45) is 11.1 Å². The van der Waals surface area contributed by atoms with Crippen molar-refractivity contribution in [3.05, 3.63) is 0 Å². The standard InChI is InChI=1S/C14H28N2O2/c1-13(2)6-8-14(18,9-7-13)11-16-12(17)5-3-4-10-15/h18H,3-11,15H2,1-2H3,(H,16,17). The molecule has 1 aliphatic rings. The van der Waals surface area contributed by atoms with E-state index >= 15 is 0 Å². The maximum absolute atomic E-state index is 11.6. The number of unbranched alkanes of at least 4 members (excludes halogenated alkanes) is 1. The molecule has 4 nitrogen and oxygen atoms in total. The van der Waals surface area contributed by atoms with E-state index < -0.39 is 5.60 Å². The van der Waals surface area contributed by atoms with E-state index in [1.54, 1.807) is 0 Å². The van der Waals surface area contributed by atoms with Gasteiger partial charge in [0.15, 0.2) is 0 Å². The summed E-state index contributed by atoms with van der Waals surface area (Å²) in [5, 5.41) is 13.2. The van der Waals surface area contributed by atoms with E-state index in [0.717, 1.165) is 38.5 Å². The van der Waals surface area contributed by atoms with E-state index in [-0.39, 0.29) is 5.91 Å². The molecule has 1 amide bonds. The van der Waals surface area contributed by atoms with Gasteiger partial charge in [-0.1, -0.05) is 13.8 Å². The van der Waals surface area contributed by atoms with Crippen LogP contribution >= 0.6 is 0 Å². The van der Waals surface area contributed by atoms with Gasteiger partial charge in [0.1, 0.15) is 0 Å². The molecule has 4 N–H and O–H groups in total. The summed E-state index contributed by atoms with van der Waals surface area (Å²) >= 11 is 0. The van der Waals surface area contributed by atoms with Gasteiger partial charge in [-0.2, -0.15) is 0 Å². The topological polar surface area (TPSA) is 75.3 Å². The summed E-state index contributed by atoms with van der Waals surface area (Å²) < 4.78 is 0. The quantitative estimate of drug-likeness (QED) is 0.631. The summed E-state index contributed by atoms with van der Waals surface area (Å²) in [5.41, 5.74) is 5.02. The molecular formula is C14H28N2O2. The monoisotopic (exact) mass is 256 g/mol. The molecule has 0 bridgehead atoms. The number of carbonyl (C=O) groups excluding carboxylic acids is 1. The summed E-state index contributed by atoms with van der Waals surface area (Å²) in [5.74, 6) is 0.0294. The zero-order chi connectivity index (χ0) is 13.6. The van der Waals surface area contributed by atoms with E-state index in [1.807, 2.05) is 0 Å². The van der Waals surface area contributed by atoms with Crippen LogP contribution in [0.15, 0.2) is 0 Å². The van der Waals surface area contributed by atoms with Gasteiger partial charge in [0.05, 0.1) is 5.60 Å². The fourth-order valence-corrected chi connectivity index (χ4v) is 2.35. The Morgan fingerprint density at radius 1 is 1.22 bits per heavy atom.